The van der Waals surface area contributed by atoms with Crippen LogP contribution in [0.2, 0.25) is 0 Å². The zero-order valence-electron chi connectivity index (χ0n) is 24.6. The largest absolute Gasteiger partial charge is 0.378 e. The summed E-state index contributed by atoms with van der Waals surface area (Å²) in [5, 5.41) is 12.2. The molecule has 6 heterocycles. The van der Waals surface area contributed by atoms with Crippen LogP contribution >= 0.6 is 22.9 Å². The van der Waals surface area contributed by atoms with Gasteiger partial charge in [-0.25, -0.2) is 22.4 Å². The molecule has 0 saturated carbocycles. The Morgan fingerprint density at radius 2 is 2.05 bits per heavy atom. The zero-order chi connectivity index (χ0) is 30.9. The van der Waals surface area contributed by atoms with Crippen LogP contribution in [-0.4, -0.2) is 93.9 Å². The van der Waals surface area contributed by atoms with Gasteiger partial charge in [0.05, 0.1) is 29.8 Å². The van der Waals surface area contributed by atoms with Gasteiger partial charge in [-0.1, -0.05) is 23.8 Å². The van der Waals surface area contributed by atoms with Crippen LogP contribution in [0.25, 0.3) is 22.2 Å². The lowest BCUT2D eigenvalue weighted by molar-refractivity contribution is -0.184. The minimum absolute atomic E-state index is 0.0877. The van der Waals surface area contributed by atoms with Crippen LogP contribution in [0.5, 0.6) is 0 Å². The number of rotatable bonds is 6. The molecule has 10 nitrogen and oxygen atoms in total. The first-order valence-electron chi connectivity index (χ1n) is 14.8. The third-order valence-corrected chi connectivity index (χ3v) is 13.1. The monoisotopic (exact) mass is 655 g/mol. The number of hydrogen-bond donors (Lipinski definition) is 1. The maximum absolute atomic E-state index is 14.6. The maximum atomic E-state index is 14.6. The Kier molecular flexibility index (Phi) is 7.38. The molecule has 0 aromatic carbocycles. The van der Waals surface area contributed by atoms with Gasteiger partial charge in [0.15, 0.2) is 11.2 Å². The van der Waals surface area contributed by atoms with E-state index in [0.717, 1.165) is 35.2 Å². The lowest BCUT2D eigenvalue weighted by Crippen LogP contribution is -2.46. The van der Waals surface area contributed by atoms with E-state index in [2.05, 4.69) is 14.9 Å². The number of thiazole rings is 1. The second kappa shape index (κ2) is 10.9. The summed E-state index contributed by atoms with van der Waals surface area (Å²) in [7, 11) is -2.08. The van der Waals surface area contributed by atoms with Gasteiger partial charge < -0.3 is 14.7 Å². The zero-order valence-corrected chi connectivity index (χ0v) is 27.0. The molecule has 3 aromatic heterocycles. The lowest BCUT2D eigenvalue weighted by Gasteiger charge is -2.34. The first kappa shape index (κ1) is 29.8. The van der Waals surface area contributed by atoms with Gasteiger partial charge in [0, 0.05) is 41.5 Å². The van der Waals surface area contributed by atoms with Gasteiger partial charge in [-0.3, -0.25) is 9.69 Å². The fraction of sp³-hybridized carbons (Fsp3) is 0.452. The normalized spacial score (nSPS) is 25.9. The van der Waals surface area contributed by atoms with Crippen molar-refractivity contribution in [3.8, 4) is 0 Å². The predicted molar refractivity (Wildman–Crippen MR) is 171 cm³/mol. The first-order chi connectivity index (χ1) is 21.0. The molecule has 0 radical (unpaired) electrons. The highest BCUT2D eigenvalue weighted by Gasteiger charge is 2.44. The van der Waals surface area contributed by atoms with Crippen LogP contribution in [0.4, 0.5) is 0 Å². The van der Waals surface area contributed by atoms with Crippen molar-refractivity contribution in [3.05, 3.63) is 69.4 Å². The number of likely N-dealkylation sites (tertiary alicyclic amines) is 1. The number of carbonyl (C=O) groups is 1. The van der Waals surface area contributed by atoms with Crippen LogP contribution in [0, 0.1) is 0 Å². The van der Waals surface area contributed by atoms with Gasteiger partial charge in [0.1, 0.15) is 9.75 Å². The number of amides is 1. The van der Waals surface area contributed by atoms with E-state index in [1.54, 1.807) is 31.5 Å². The van der Waals surface area contributed by atoms with Gasteiger partial charge in [-0.15, -0.1) is 11.3 Å². The van der Waals surface area contributed by atoms with E-state index >= 15 is 0 Å². The number of aromatic nitrogens is 3. The third-order valence-electron chi connectivity index (χ3n) is 9.26. The standard InChI is InChI=1S/C31H34ClN5O5S2/c1-30(10-7-22(23(32)16-30)26-17-34-29(43-26)31(39)18-42-19-31)44(40,41)37-25(15-21-5-3-11-33-27(21)37)20-8-13-36(14-9-20)28(38)24-6-4-12-35(24)2/h3,5,7-8,11,15-17,24,39H,4,6,9-10,12-14,18-19H2,1-2H3/t24-,30?/m0/s1. The number of halogens is 1. The molecule has 1 aliphatic carbocycles. The van der Waals surface area contributed by atoms with Crippen LogP contribution < -0.4 is 0 Å². The molecular formula is C31H34ClN5O5S2. The van der Waals surface area contributed by atoms with Crippen molar-refractivity contribution in [3.63, 3.8) is 0 Å². The van der Waals surface area contributed by atoms with Crippen molar-refractivity contribution < 1.29 is 23.1 Å². The van der Waals surface area contributed by atoms with E-state index in [0.29, 0.717) is 46.5 Å². The van der Waals surface area contributed by atoms with E-state index in [1.165, 1.54) is 15.3 Å². The van der Waals surface area contributed by atoms with Crippen LogP contribution in [0.15, 0.2) is 53.9 Å². The molecule has 7 rings (SSSR count). The molecule has 1 N–H and O–H groups in total. The van der Waals surface area contributed by atoms with Gasteiger partial charge in [-0.2, -0.15) is 0 Å². The predicted octanol–water partition coefficient (Wildman–Crippen LogP) is 3.97. The highest BCUT2D eigenvalue weighted by molar-refractivity contribution is 7.91. The van der Waals surface area contributed by atoms with E-state index in [1.807, 2.05) is 36.2 Å². The number of pyridine rings is 1. The molecule has 0 bridgehead atoms. The SMILES string of the molecule is CN1CCC[C@H]1C(=O)N1CC=C(c2cc3cccnc3n2S(=O)(=O)C2(C)C=C(Cl)C(c3cnc(C4(O)COC4)s3)=CC2)CC1. The second-order valence-electron chi connectivity index (χ2n) is 12.3. The summed E-state index contributed by atoms with van der Waals surface area (Å²) in [5.74, 6) is 0.135. The molecule has 2 atom stereocenters. The molecular weight excluding hydrogens is 622 g/mol. The molecule has 1 unspecified atom stereocenters. The van der Waals surface area contributed by atoms with Crippen molar-refractivity contribution in [2.75, 3.05) is 39.9 Å². The Balaban J connectivity index is 1.20. The summed E-state index contributed by atoms with van der Waals surface area (Å²) in [6.07, 6.45) is 11.3. The van der Waals surface area contributed by atoms with E-state index < -0.39 is 20.4 Å². The summed E-state index contributed by atoms with van der Waals surface area (Å²) in [5.41, 5.74) is 1.40. The van der Waals surface area contributed by atoms with E-state index in [9.17, 15) is 18.3 Å². The Hall–Kier alpha value is -2.87. The van der Waals surface area contributed by atoms with Crippen molar-refractivity contribution in [1.82, 2.24) is 23.7 Å². The number of fused-ring (bicyclic) bond motifs is 1. The van der Waals surface area contributed by atoms with Gasteiger partial charge >= 0.3 is 0 Å². The van der Waals surface area contributed by atoms with Crippen molar-refractivity contribution in [1.29, 1.82) is 0 Å². The molecule has 0 spiro atoms. The molecule has 3 aliphatic heterocycles. The van der Waals surface area contributed by atoms with Gasteiger partial charge in [0.25, 0.3) is 0 Å². The number of nitrogens with zero attached hydrogens (tertiary/aromatic N) is 5. The first-order valence-corrected chi connectivity index (χ1v) is 17.4. The molecule has 4 aliphatic rings. The summed E-state index contributed by atoms with van der Waals surface area (Å²) < 4.78 is 34.4. The van der Waals surface area contributed by atoms with Crippen LogP contribution in [0.3, 0.4) is 0 Å². The number of allylic oxidation sites excluding steroid dienone is 3. The third kappa shape index (κ3) is 4.78. The number of carbonyl (C=O) groups excluding carboxylic acids is 1. The summed E-state index contributed by atoms with van der Waals surface area (Å²) in [6, 6.07) is 5.44. The molecule has 44 heavy (non-hydrogen) atoms. The van der Waals surface area contributed by atoms with Crippen molar-refractivity contribution in [2.24, 2.45) is 0 Å². The summed E-state index contributed by atoms with van der Waals surface area (Å²) >= 11 is 8.13. The molecule has 2 saturated heterocycles. The molecule has 13 heteroatoms. The van der Waals surface area contributed by atoms with Crippen LogP contribution in [0.1, 0.15) is 48.2 Å². The number of likely N-dealkylation sites (N-methyl/N-ethyl adjacent to an activating group) is 1. The number of ether oxygens (including phenoxy) is 1. The molecule has 232 valence electrons. The Labute approximate surface area is 265 Å². The van der Waals surface area contributed by atoms with Crippen molar-refractivity contribution >= 4 is 61.0 Å². The molecule has 2 fully saturated rings. The summed E-state index contributed by atoms with van der Waals surface area (Å²) in [6.45, 7) is 3.95. The van der Waals surface area contributed by atoms with Gasteiger partial charge in [-0.05, 0) is 76.0 Å². The molecule has 1 amide bonds. The minimum atomic E-state index is -4.07. The lowest BCUT2D eigenvalue weighted by atomic mass is 9.97. The topological polar surface area (TPSA) is 118 Å². The average Bonchev–Trinajstić information content (AvgIpc) is 3.74. The number of aliphatic hydroxyl groups is 1. The smallest absolute Gasteiger partial charge is 0.250 e. The fourth-order valence-electron chi connectivity index (χ4n) is 6.46. The van der Waals surface area contributed by atoms with E-state index in [-0.39, 0.29) is 31.6 Å². The fourth-order valence-corrected chi connectivity index (χ4v) is 9.82. The number of hydrogen-bond acceptors (Lipinski definition) is 9. The van der Waals surface area contributed by atoms with Gasteiger partial charge in [0.2, 0.25) is 15.9 Å². The highest BCUT2D eigenvalue weighted by Crippen LogP contribution is 2.44. The van der Waals surface area contributed by atoms with Crippen LogP contribution in [-0.2, 0) is 25.2 Å². The second-order valence-corrected chi connectivity index (χ2v) is 16.0. The maximum Gasteiger partial charge on any atom is 0.250 e. The van der Waals surface area contributed by atoms with E-state index in [4.69, 9.17) is 16.3 Å². The summed E-state index contributed by atoms with van der Waals surface area (Å²) in [4.78, 5) is 26.8. The Bertz CT molecular complexity index is 1860. The highest BCUT2D eigenvalue weighted by atomic mass is 35.5. The Morgan fingerprint density at radius 3 is 2.70 bits per heavy atom. The minimum Gasteiger partial charge on any atom is -0.378 e. The average molecular weight is 656 g/mol. The van der Waals surface area contributed by atoms with Crippen molar-refractivity contribution in [2.45, 2.75) is 49.0 Å². The molecule has 3 aromatic rings. The quantitative estimate of drug-likeness (QED) is 0.424. The Morgan fingerprint density at radius 1 is 1.23 bits per heavy atom.